The third kappa shape index (κ3) is 1.34. The minimum atomic E-state index is -0.615. The first kappa shape index (κ1) is 9.72. The van der Waals surface area contributed by atoms with Crippen LogP contribution in [0.5, 0.6) is 11.5 Å². The van der Waals surface area contributed by atoms with Crippen LogP contribution in [0, 0.1) is 0 Å². The predicted octanol–water partition coefficient (Wildman–Crippen LogP) is 2.36. The zero-order chi connectivity index (χ0) is 12.0. The summed E-state index contributed by atoms with van der Waals surface area (Å²) in [4.78, 5) is 11.7. The minimum Gasteiger partial charge on any atom is -0.508 e. The Morgan fingerprint density at radius 3 is 2.59 bits per heavy atom. The van der Waals surface area contributed by atoms with Gasteiger partial charge in [0.2, 0.25) is 0 Å². The molecule has 0 fully saturated rings. The van der Waals surface area contributed by atoms with Crippen LogP contribution in [0.3, 0.4) is 0 Å². The molecule has 4 heteroatoms. The second-order valence-electron chi connectivity index (χ2n) is 3.77. The van der Waals surface area contributed by atoms with E-state index in [0.29, 0.717) is 16.4 Å². The number of para-hydroxylation sites is 1. The molecule has 0 saturated carbocycles. The second-order valence-corrected chi connectivity index (χ2v) is 3.77. The summed E-state index contributed by atoms with van der Waals surface area (Å²) < 4.78 is 5.10. The smallest absolute Gasteiger partial charge is 0.347 e. The molecular weight excluding hydrogens is 220 g/mol. The van der Waals surface area contributed by atoms with E-state index in [2.05, 4.69) is 0 Å². The number of fused-ring (bicyclic) bond motifs is 3. The molecular formula is C13H8O4. The fraction of sp³-hybridized carbons (Fsp3) is 0. The van der Waals surface area contributed by atoms with Gasteiger partial charge in [-0.05, 0) is 12.1 Å². The fourth-order valence-corrected chi connectivity index (χ4v) is 1.97. The van der Waals surface area contributed by atoms with Gasteiger partial charge in [-0.2, -0.15) is 0 Å². The molecule has 0 aliphatic carbocycles. The SMILES string of the molecule is O=c1oc2ccccc2c2cc(O)cc(O)c12. The Labute approximate surface area is 95.3 Å². The van der Waals surface area contributed by atoms with Gasteiger partial charge in [-0.1, -0.05) is 18.2 Å². The van der Waals surface area contributed by atoms with Crippen LogP contribution in [0.4, 0.5) is 0 Å². The molecule has 1 heterocycles. The first-order valence-electron chi connectivity index (χ1n) is 5.04. The number of benzene rings is 2. The standard InChI is InChI=1S/C13H8O4/c14-7-5-9-8-3-1-2-4-11(8)17-13(16)12(9)10(15)6-7/h1-6,14-15H. The molecule has 0 unspecified atom stereocenters. The van der Waals surface area contributed by atoms with Crippen molar-refractivity contribution in [1.29, 1.82) is 0 Å². The van der Waals surface area contributed by atoms with Crippen molar-refractivity contribution in [3.63, 3.8) is 0 Å². The number of hydrogen-bond donors (Lipinski definition) is 2. The van der Waals surface area contributed by atoms with Gasteiger partial charge in [0.15, 0.2) is 0 Å². The Hall–Kier alpha value is -2.49. The molecule has 0 bridgehead atoms. The first-order valence-corrected chi connectivity index (χ1v) is 5.04. The lowest BCUT2D eigenvalue weighted by Gasteiger charge is -2.04. The highest BCUT2D eigenvalue weighted by Crippen LogP contribution is 2.31. The number of phenolic OH excluding ortho intramolecular Hbond substituents is 2. The summed E-state index contributed by atoms with van der Waals surface area (Å²) in [6.07, 6.45) is 0. The molecule has 1 aromatic heterocycles. The van der Waals surface area contributed by atoms with Gasteiger partial charge in [0.05, 0.1) is 0 Å². The van der Waals surface area contributed by atoms with E-state index >= 15 is 0 Å². The van der Waals surface area contributed by atoms with E-state index < -0.39 is 5.63 Å². The minimum absolute atomic E-state index is 0.0847. The summed E-state index contributed by atoms with van der Waals surface area (Å²) in [6, 6.07) is 9.53. The largest absolute Gasteiger partial charge is 0.508 e. The summed E-state index contributed by atoms with van der Waals surface area (Å²) in [7, 11) is 0. The molecule has 2 N–H and O–H groups in total. The Balaban J connectivity index is 2.70. The van der Waals surface area contributed by atoms with E-state index in [9.17, 15) is 15.0 Å². The lowest BCUT2D eigenvalue weighted by atomic mass is 10.1. The maximum Gasteiger partial charge on any atom is 0.347 e. The lowest BCUT2D eigenvalue weighted by Crippen LogP contribution is -1.99. The van der Waals surface area contributed by atoms with Gasteiger partial charge in [-0.3, -0.25) is 0 Å². The molecule has 0 atom stereocenters. The van der Waals surface area contributed by atoms with Gasteiger partial charge in [0, 0.05) is 16.8 Å². The number of aromatic hydroxyl groups is 2. The molecule has 0 aliphatic heterocycles. The molecule has 84 valence electrons. The third-order valence-electron chi connectivity index (χ3n) is 2.69. The van der Waals surface area contributed by atoms with Crippen LogP contribution in [-0.2, 0) is 0 Å². The number of hydrogen-bond acceptors (Lipinski definition) is 4. The van der Waals surface area contributed by atoms with Crippen LogP contribution in [0.15, 0.2) is 45.6 Å². The predicted molar refractivity (Wildman–Crippen MR) is 63.3 cm³/mol. The van der Waals surface area contributed by atoms with Crippen molar-refractivity contribution in [3.8, 4) is 11.5 Å². The molecule has 0 spiro atoms. The van der Waals surface area contributed by atoms with Gasteiger partial charge in [0.1, 0.15) is 22.5 Å². The van der Waals surface area contributed by atoms with E-state index in [1.165, 1.54) is 6.07 Å². The van der Waals surface area contributed by atoms with Gasteiger partial charge >= 0.3 is 5.63 Å². The average Bonchev–Trinajstić information content (AvgIpc) is 2.28. The van der Waals surface area contributed by atoms with Gasteiger partial charge in [-0.15, -0.1) is 0 Å². The summed E-state index contributed by atoms with van der Waals surface area (Å²) >= 11 is 0. The van der Waals surface area contributed by atoms with Crippen LogP contribution >= 0.6 is 0 Å². The van der Waals surface area contributed by atoms with Crippen LogP contribution in [-0.4, -0.2) is 10.2 Å². The Morgan fingerprint density at radius 1 is 1.00 bits per heavy atom. The second kappa shape index (κ2) is 3.25. The van der Waals surface area contributed by atoms with Crippen molar-refractivity contribution in [2.24, 2.45) is 0 Å². The summed E-state index contributed by atoms with van der Waals surface area (Å²) in [6.45, 7) is 0. The lowest BCUT2D eigenvalue weighted by molar-refractivity contribution is 0.453. The Morgan fingerprint density at radius 2 is 1.76 bits per heavy atom. The van der Waals surface area contributed by atoms with E-state index in [1.54, 1.807) is 24.3 Å². The molecule has 2 aromatic carbocycles. The van der Waals surface area contributed by atoms with Crippen LogP contribution in [0.1, 0.15) is 0 Å². The maximum absolute atomic E-state index is 11.7. The van der Waals surface area contributed by atoms with Gasteiger partial charge in [0.25, 0.3) is 0 Å². The maximum atomic E-state index is 11.7. The molecule has 4 nitrogen and oxygen atoms in total. The summed E-state index contributed by atoms with van der Waals surface area (Å²) in [5.74, 6) is -0.370. The van der Waals surface area contributed by atoms with Crippen molar-refractivity contribution >= 4 is 21.7 Å². The van der Waals surface area contributed by atoms with E-state index in [0.717, 1.165) is 6.07 Å². The highest BCUT2D eigenvalue weighted by Gasteiger charge is 2.11. The normalized spacial score (nSPS) is 11.1. The van der Waals surface area contributed by atoms with Crippen molar-refractivity contribution in [1.82, 2.24) is 0 Å². The number of rotatable bonds is 0. The van der Waals surface area contributed by atoms with Gasteiger partial charge < -0.3 is 14.6 Å². The van der Waals surface area contributed by atoms with E-state index in [-0.39, 0.29) is 16.9 Å². The first-order chi connectivity index (χ1) is 8.16. The topological polar surface area (TPSA) is 70.7 Å². The molecule has 0 saturated heterocycles. The van der Waals surface area contributed by atoms with Crippen LogP contribution < -0.4 is 5.63 Å². The summed E-state index contributed by atoms with van der Waals surface area (Å²) in [5, 5.41) is 20.4. The molecule has 0 radical (unpaired) electrons. The van der Waals surface area contributed by atoms with Crippen LogP contribution in [0.25, 0.3) is 21.7 Å². The van der Waals surface area contributed by atoms with Crippen molar-refractivity contribution < 1.29 is 14.6 Å². The van der Waals surface area contributed by atoms with Gasteiger partial charge in [-0.25, -0.2) is 4.79 Å². The fourth-order valence-electron chi connectivity index (χ4n) is 1.97. The van der Waals surface area contributed by atoms with Crippen molar-refractivity contribution in [3.05, 3.63) is 46.8 Å². The monoisotopic (exact) mass is 228 g/mol. The number of phenols is 2. The zero-order valence-electron chi connectivity index (χ0n) is 8.68. The average molecular weight is 228 g/mol. The quantitative estimate of drug-likeness (QED) is 0.457. The Bertz CT molecular complexity index is 786. The van der Waals surface area contributed by atoms with Crippen molar-refractivity contribution in [2.45, 2.75) is 0 Å². The molecule has 0 amide bonds. The summed E-state index contributed by atoms with van der Waals surface area (Å²) in [5.41, 5.74) is -0.189. The van der Waals surface area contributed by atoms with E-state index in [4.69, 9.17) is 4.42 Å². The molecule has 17 heavy (non-hydrogen) atoms. The van der Waals surface area contributed by atoms with Crippen molar-refractivity contribution in [2.75, 3.05) is 0 Å². The molecule has 0 aliphatic rings. The molecule has 3 aromatic rings. The highest BCUT2D eigenvalue weighted by atomic mass is 16.4. The molecule has 3 rings (SSSR count). The highest BCUT2D eigenvalue weighted by molar-refractivity contribution is 6.06. The third-order valence-corrected chi connectivity index (χ3v) is 2.69. The van der Waals surface area contributed by atoms with Crippen LogP contribution in [0.2, 0.25) is 0 Å². The van der Waals surface area contributed by atoms with E-state index in [1.807, 2.05) is 0 Å². The zero-order valence-corrected chi connectivity index (χ0v) is 8.68. The Kier molecular flexibility index (Phi) is 1.86.